The molecule has 3 unspecified atom stereocenters. The second kappa shape index (κ2) is 16.9. The van der Waals surface area contributed by atoms with Crippen LogP contribution >= 0.6 is 0 Å². The van der Waals surface area contributed by atoms with E-state index in [4.69, 9.17) is 24.1 Å². The van der Waals surface area contributed by atoms with E-state index in [9.17, 15) is 9.59 Å². The number of unbranched alkanes of at least 4 members (excludes halogenated alkanes) is 1. The van der Waals surface area contributed by atoms with Gasteiger partial charge in [0.05, 0.1) is 12.2 Å². The molecule has 0 aromatic rings. The summed E-state index contributed by atoms with van der Waals surface area (Å²) in [5.74, 6) is 5.49. The molecule has 2 saturated heterocycles. The molecule has 3 fully saturated rings. The molecule has 38 heavy (non-hydrogen) atoms. The van der Waals surface area contributed by atoms with Crippen LogP contribution in [-0.2, 0) is 28.5 Å². The Hall–Kier alpha value is -1.98. The van der Waals surface area contributed by atoms with Gasteiger partial charge < -0.3 is 24.1 Å². The van der Waals surface area contributed by atoms with E-state index in [2.05, 4.69) is 30.9 Å². The van der Waals surface area contributed by atoms with Gasteiger partial charge in [-0.15, -0.1) is 11.8 Å². The molecule has 2 aliphatic heterocycles. The average Bonchev–Trinajstić information content (AvgIpc) is 3.21. The monoisotopic (exact) mass is 530 g/mol. The summed E-state index contributed by atoms with van der Waals surface area (Å²) in [5.41, 5.74) is 0. The third-order valence-electron chi connectivity index (χ3n) is 7.62. The number of Topliss-reactive ketones (excluding diaryl/α,β-unsaturated/α-hetero) is 1. The first-order valence-electron chi connectivity index (χ1n) is 14.5. The van der Waals surface area contributed by atoms with Crippen molar-refractivity contribution < 1.29 is 33.6 Å². The Morgan fingerprint density at radius 3 is 2.53 bits per heavy atom. The lowest BCUT2D eigenvalue weighted by Crippen LogP contribution is -2.32. The van der Waals surface area contributed by atoms with E-state index in [-0.39, 0.29) is 54.7 Å². The van der Waals surface area contributed by atoms with Crippen LogP contribution in [0.15, 0.2) is 24.3 Å². The number of ketones is 1. The Morgan fingerprint density at radius 1 is 1.13 bits per heavy atom. The molecule has 0 aromatic heterocycles. The third kappa shape index (κ3) is 10.3. The van der Waals surface area contributed by atoms with Crippen molar-refractivity contribution in [3.63, 3.8) is 0 Å². The van der Waals surface area contributed by atoms with Gasteiger partial charge in [-0.1, -0.05) is 31.2 Å². The molecule has 0 bridgehead atoms. The summed E-state index contributed by atoms with van der Waals surface area (Å²) in [6.07, 6.45) is 16.5. The molecule has 7 atom stereocenters. The van der Waals surface area contributed by atoms with E-state index in [1.807, 2.05) is 19.1 Å². The first-order valence-corrected chi connectivity index (χ1v) is 14.5. The number of ether oxygens (including phenoxy) is 4. The molecule has 2 heterocycles. The Labute approximate surface area is 228 Å². The van der Waals surface area contributed by atoms with Crippen molar-refractivity contribution in [1.29, 1.82) is 0 Å². The van der Waals surface area contributed by atoms with Crippen LogP contribution < -0.4 is 0 Å². The summed E-state index contributed by atoms with van der Waals surface area (Å²) in [6.45, 7) is 5.41. The van der Waals surface area contributed by atoms with Crippen LogP contribution in [0.25, 0.3) is 0 Å². The SMILES string of the molecule is CC#CCC(C)[C@@H](/C=C/[C@H]1[C@H](OC2CCCCO2)CC(=O)[C@@H]1C/C=C\CCCC(=O)O)OC1CCCCO1. The van der Waals surface area contributed by atoms with E-state index < -0.39 is 5.97 Å². The minimum atomic E-state index is -0.783. The molecular formula is C31H46O7. The molecule has 1 N–H and O–H groups in total. The van der Waals surface area contributed by atoms with Gasteiger partial charge in [0.25, 0.3) is 0 Å². The molecule has 3 rings (SSSR count). The Kier molecular flexibility index (Phi) is 13.6. The van der Waals surface area contributed by atoms with Gasteiger partial charge in [-0.25, -0.2) is 0 Å². The molecule has 1 aliphatic carbocycles. The first kappa shape index (κ1) is 30.6. The lowest BCUT2D eigenvalue weighted by molar-refractivity contribution is -0.192. The summed E-state index contributed by atoms with van der Waals surface area (Å²) in [4.78, 5) is 23.9. The van der Waals surface area contributed by atoms with Crippen LogP contribution in [0, 0.1) is 29.6 Å². The Balaban J connectivity index is 1.73. The van der Waals surface area contributed by atoms with Gasteiger partial charge in [0.1, 0.15) is 5.78 Å². The van der Waals surface area contributed by atoms with Gasteiger partial charge in [0, 0.05) is 44.3 Å². The van der Waals surface area contributed by atoms with Gasteiger partial charge in [0.15, 0.2) is 12.6 Å². The molecule has 0 amide bonds. The largest absolute Gasteiger partial charge is 0.481 e. The second-order valence-electron chi connectivity index (χ2n) is 10.7. The highest BCUT2D eigenvalue weighted by Crippen LogP contribution is 2.37. The zero-order valence-corrected chi connectivity index (χ0v) is 23.1. The van der Waals surface area contributed by atoms with Crippen molar-refractivity contribution in [2.75, 3.05) is 13.2 Å². The second-order valence-corrected chi connectivity index (χ2v) is 10.7. The summed E-state index contributed by atoms with van der Waals surface area (Å²) in [5, 5.41) is 8.84. The number of hydrogen-bond acceptors (Lipinski definition) is 6. The number of carboxylic acids is 1. The topological polar surface area (TPSA) is 91.3 Å². The fraction of sp³-hybridized carbons (Fsp3) is 0.742. The lowest BCUT2D eigenvalue weighted by Gasteiger charge is -2.30. The van der Waals surface area contributed by atoms with E-state index in [1.54, 1.807) is 0 Å². The van der Waals surface area contributed by atoms with Gasteiger partial charge in [0.2, 0.25) is 0 Å². The van der Waals surface area contributed by atoms with Gasteiger partial charge in [-0.2, -0.15) is 0 Å². The van der Waals surface area contributed by atoms with Gasteiger partial charge >= 0.3 is 5.97 Å². The number of rotatable bonds is 14. The van der Waals surface area contributed by atoms with E-state index in [0.717, 1.165) is 51.6 Å². The highest BCUT2D eigenvalue weighted by Gasteiger charge is 2.42. The van der Waals surface area contributed by atoms with Gasteiger partial charge in [-0.3, -0.25) is 9.59 Å². The highest BCUT2D eigenvalue weighted by molar-refractivity contribution is 5.85. The predicted octanol–water partition coefficient (Wildman–Crippen LogP) is 5.82. The van der Waals surface area contributed by atoms with Gasteiger partial charge in [-0.05, 0) is 70.6 Å². The zero-order chi connectivity index (χ0) is 27.2. The summed E-state index contributed by atoms with van der Waals surface area (Å²) < 4.78 is 24.5. The number of hydrogen-bond donors (Lipinski definition) is 1. The molecule has 3 aliphatic rings. The van der Waals surface area contributed by atoms with Crippen LogP contribution in [0.1, 0.15) is 90.9 Å². The smallest absolute Gasteiger partial charge is 0.303 e. The maximum atomic E-state index is 13.1. The standard InChI is InChI=1S/C31H46O7/c1-3-4-13-23(2)27(37-30-16-9-11-20-35-30)19-18-25-24(14-7-5-6-8-15-29(33)34)26(32)22-28(25)38-31-17-10-12-21-36-31/h5,7,18-19,23-25,27-28,30-31H,6,8-17,20-22H2,1-2H3,(H,33,34)/b7-5-,19-18+/t23?,24-,25-,27-,28-,30?,31?/m1/s1. The van der Waals surface area contributed by atoms with Crippen molar-refractivity contribution in [2.45, 2.75) is 116 Å². The van der Waals surface area contributed by atoms with Crippen molar-refractivity contribution >= 4 is 11.8 Å². The van der Waals surface area contributed by atoms with E-state index in [1.165, 1.54) is 0 Å². The summed E-state index contributed by atoms with van der Waals surface area (Å²) in [6, 6.07) is 0. The first-order chi connectivity index (χ1) is 18.5. The Bertz CT molecular complexity index is 842. The number of carbonyl (C=O) groups excluding carboxylic acids is 1. The number of carbonyl (C=O) groups is 2. The number of aliphatic carboxylic acids is 1. The van der Waals surface area contributed by atoms with Crippen molar-refractivity contribution in [3.8, 4) is 11.8 Å². The quantitative estimate of drug-likeness (QED) is 0.172. The lowest BCUT2D eigenvalue weighted by atomic mass is 9.89. The number of allylic oxidation sites excluding steroid dienone is 2. The summed E-state index contributed by atoms with van der Waals surface area (Å²) in [7, 11) is 0. The fourth-order valence-corrected chi connectivity index (χ4v) is 5.37. The van der Waals surface area contributed by atoms with E-state index in [0.29, 0.717) is 32.3 Å². The highest BCUT2D eigenvalue weighted by atomic mass is 16.7. The third-order valence-corrected chi connectivity index (χ3v) is 7.62. The van der Waals surface area contributed by atoms with Crippen molar-refractivity contribution in [1.82, 2.24) is 0 Å². The molecule has 0 aromatic carbocycles. The zero-order valence-electron chi connectivity index (χ0n) is 23.1. The molecule has 0 spiro atoms. The van der Waals surface area contributed by atoms with Crippen LogP contribution in [-0.4, -0.2) is 54.9 Å². The van der Waals surface area contributed by atoms with Crippen molar-refractivity contribution in [2.24, 2.45) is 17.8 Å². The maximum absolute atomic E-state index is 13.1. The predicted molar refractivity (Wildman–Crippen MR) is 145 cm³/mol. The fourth-order valence-electron chi connectivity index (χ4n) is 5.37. The maximum Gasteiger partial charge on any atom is 0.303 e. The molecule has 7 heteroatoms. The Morgan fingerprint density at radius 2 is 1.87 bits per heavy atom. The normalized spacial score (nSPS) is 29.8. The van der Waals surface area contributed by atoms with E-state index >= 15 is 0 Å². The van der Waals surface area contributed by atoms with Crippen LogP contribution in [0.5, 0.6) is 0 Å². The molecule has 7 nitrogen and oxygen atoms in total. The molecule has 212 valence electrons. The number of carboxylic acid groups (broad SMARTS) is 1. The minimum absolute atomic E-state index is 0.0838. The van der Waals surface area contributed by atoms with Crippen LogP contribution in [0.3, 0.4) is 0 Å². The van der Waals surface area contributed by atoms with Crippen LogP contribution in [0.4, 0.5) is 0 Å². The molecule has 1 saturated carbocycles. The van der Waals surface area contributed by atoms with Crippen LogP contribution in [0.2, 0.25) is 0 Å². The summed E-state index contributed by atoms with van der Waals surface area (Å²) >= 11 is 0. The van der Waals surface area contributed by atoms with Crippen molar-refractivity contribution in [3.05, 3.63) is 24.3 Å². The molecular weight excluding hydrogens is 484 g/mol. The minimum Gasteiger partial charge on any atom is -0.481 e. The molecule has 0 radical (unpaired) electrons. The average molecular weight is 531 g/mol.